The van der Waals surface area contributed by atoms with Crippen LogP contribution in [-0.4, -0.2) is 44.9 Å². The third kappa shape index (κ3) is 4.15. The fourth-order valence-electron chi connectivity index (χ4n) is 3.10. The van der Waals surface area contributed by atoms with Gasteiger partial charge in [0.1, 0.15) is 12.2 Å². The highest BCUT2D eigenvalue weighted by Crippen LogP contribution is 2.32. The Morgan fingerprint density at radius 3 is 2.63 bits per heavy atom. The Kier molecular flexibility index (Phi) is 4.88. The quantitative estimate of drug-likeness (QED) is 0.771. The van der Waals surface area contributed by atoms with E-state index in [1.807, 2.05) is 0 Å². The summed E-state index contributed by atoms with van der Waals surface area (Å²) in [6, 6.07) is 0. The molecule has 19 heavy (non-hydrogen) atoms. The van der Waals surface area contributed by atoms with E-state index in [1.54, 1.807) is 7.11 Å². The fourth-order valence-corrected chi connectivity index (χ4v) is 3.10. The molecule has 5 atom stereocenters. The van der Waals surface area contributed by atoms with E-state index in [9.17, 15) is 0 Å². The summed E-state index contributed by atoms with van der Waals surface area (Å²) < 4.78 is 22.8. The van der Waals surface area contributed by atoms with E-state index < -0.39 is 0 Å². The van der Waals surface area contributed by atoms with Gasteiger partial charge in [-0.2, -0.15) is 0 Å². The van der Waals surface area contributed by atoms with Gasteiger partial charge in [0.25, 0.3) is 0 Å². The van der Waals surface area contributed by atoms with Gasteiger partial charge >= 0.3 is 0 Å². The highest BCUT2D eigenvalue weighted by Gasteiger charge is 2.44. The van der Waals surface area contributed by atoms with Crippen molar-refractivity contribution in [3.63, 3.8) is 0 Å². The Balaban J connectivity index is 1.79. The number of hydrogen-bond acceptors (Lipinski definition) is 4. The zero-order valence-electron chi connectivity index (χ0n) is 12.8. The number of methoxy groups -OCH3 is 1. The average molecular weight is 272 g/mol. The molecule has 0 saturated carbocycles. The van der Waals surface area contributed by atoms with Crippen LogP contribution in [0.5, 0.6) is 0 Å². The molecule has 0 N–H and O–H groups in total. The Hall–Kier alpha value is -0.160. The van der Waals surface area contributed by atoms with Crippen LogP contribution in [-0.2, 0) is 18.9 Å². The molecule has 2 aliphatic rings. The van der Waals surface area contributed by atoms with Gasteiger partial charge in [-0.05, 0) is 17.8 Å². The van der Waals surface area contributed by atoms with Crippen molar-refractivity contribution in [1.82, 2.24) is 0 Å². The fraction of sp³-hybridized carbons (Fsp3) is 1.00. The second-order valence-corrected chi connectivity index (χ2v) is 7.13. The molecule has 112 valence electrons. The van der Waals surface area contributed by atoms with Gasteiger partial charge in [-0.3, -0.25) is 0 Å². The van der Waals surface area contributed by atoms with Crippen molar-refractivity contribution in [3.8, 4) is 0 Å². The average Bonchev–Trinajstić information content (AvgIpc) is 2.71. The molecule has 4 nitrogen and oxygen atoms in total. The maximum absolute atomic E-state index is 6.07. The Morgan fingerprint density at radius 2 is 2.00 bits per heavy atom. The molecule has 0 aromatic rings. The van der Waals surface area contributed by atoms with E-state index in [4.69, 9.17) is 18.9 Å². The SMILES string of the molecule is CO[C@@H]1C[C@H](OCC(C)CC(C)(C)C)[C@H]2CO[C@H]1O2. The molecule has 0 aromatic carbocycles. The highest BCUT2D eigenvalue weighted by atomic mass is 16.7. The van der Waals surface area contributed by atoms with Gasteiger partial charge < -0.3 is 18.9 Å². The van der Waals surface area contributed by atoms with Gasteiger partial charge in [0.2, 0.25) is 0 Å². The second kappa shape index (κ2) is 6.08. The summed E-state index contributed by atoms with van der Waals surface area (Å²) in [6.07, 6.45) is 2.03. The lowest BCUT2D eigenvalue weighted by atomic mass is 9.86. The topological polar surface area (TPSA) is 36.9 Å². The summed E-state index contributed by atoms with van der Waals surface area (Å²) in [7, 11) is 1.70. The van der Waals surface area contributed by atoms with Crippen molar-refractivity contribution >= 4 is 0 Å². The molecule has 0 spiro atoms. The number of rotatable bonds is 5. The van der Waals surface area contributed by atoms with E-state index in [2.05, 4.69) is 27.7 Å². The van der Waals surface area contributed by atoms with Crippen LogP contribution in [0.1, 0.15) is 40.5 Å². The van der Waals surface area contributed by atoms with Crippen LogP contribution < -0.4 is 0 Å². The first-order chi connectivity index (χ1) is 8.89. The smallest absolute Gasteiger partial charge is 0.184 e. The van der Waals surface area contributed by atoms with Gasteiger partial charge in [0.15, 0.2) is 6.29 Å². The van der Waals surface area contributed by atoms with Crippen molar-refractivity contribution in [1.29, 1.82) is 0 Å². The third-order valence-corrected chi connectivity index (χ3v) is 3.77. The molecule has 0 radical (unpaired) electrons. The first-order valence-corrected chi connectivity index (χ1v) is 7.30. The van der Waals surface area contributed by atoms with Crippen LogP contribution in [0.3, 0.4) is 0 Å². The Bertz CT molecular complexity index is 286. The summed E-state index contributed by atoms with van der Waals surface area (Å²) in [4.78, 5) is 0. The first kappa shape index (κ1) is 15.2. The minimum atomic E-state index is -0.193. The predicted octanol–water partition coefficient (Wildman–Crippen LogP) is 2.60. The summed E-state index contributed by atoms with van der Waals surface area (Å²) in [5.74, 6) is 0.557. The minimum Gasteiger partial charge on any atom is -0.376 e. The molecule has 2 aliphatic heterocycles. The monoisotopic (exact) mass is 272 g/mol. The van der Waals surface area contributed by atoms with Crippen LogP contribution in [0.25, 0.3) is 0 Å². The van der Waals surface area contributed by atoms with Crippen LogP contribution in [0.2, 0.25) is 0 Å². The largest absolute Gasteiger partial charge is 0.376 e. The minimum absolute atomic E-state index is 0.00155. The Labute approximate surface area is 116 Å². The maximum Gasteiger partial charge on any atom is 0.184 e. The van der Waals surface area contributed by atoms with E-state index >= 15 is 0 Å². The molecule has 4 heteroatoms. The highest BCUT2D eigenvalue weighted by molar-refractivity contribution is 4.87. The van der Waals surface area contributed by atoms with Crippen molar-refractivity contribution in [2.24, 2.45) is 11.3 Å². The van der Waals surface area contributed by atoms with Gasteiger partial charge in [-0.15, -0.1) is 0 Å². The van der Waals surface area contributed by atoms with E-state index in [-0.39, 0.29) is 24.6 Å². The van der Waals surface area contributed by atoms with E-state index in [0.29, 0.717) is 17.9 Å². The first-order valence-electron chi connectivity index (χ1n) is 7.30. The lowest BCUT2D eigenvalue weighted by Gasteiger charge is -2.33. The molecule has 1 unspecified atom stereocenters. The lowest BCUT2D eigenvalue weighted by molar-refractivity contribution is -0.200. The van der Waals surface area contributed by atoms with E-state index in [1.165, 1.54) is 0 Å². The van der Waals surface area contributed by atoms with Crippen LogP contribution in [0.4, 0.5) is 0 Å². The summed E-state index contributed by atoms with van der Waals surface area (Å²) in [5, 5.41) is 0. The summed E-state index contributed by atoms with van der Waals surface area (Å²) >= 11 is 0. The maximum atomic E-state index is 6.07. The number of fused-ring (bicyclic) bond motifs is 2. The number of hydrogen-bond donors (Lipinski definition) is 0. The molecule has 0 aliphatic carbocycles. The Morgan fingerprint density at radius 1 is 1.26 bits per heavy atom. The molecule has 2 heterocycles. The van der Waals surface area contributed by atoms with Crippen LogP contribution in [0, 0.1) is 11.3 Å². The zero-order chi connectivity index (χ0) is 14.0. The van der Waals surface area contributed by atoms with Crippen molar-refractivity contribution in [3.05, 3.63) is 0 Å². The standard InChI is InChI=1S/C15H28O4/c1-10(7-15(2,3)4)8-17-11-6-12(16-5)14-18-9-13(11)19-14/h10-14H,6-9H2,1-5H3/t10?,11-,12+,13+,14-/m0/s1. The van der Waals surface area contributed by atoms with Gasteiger partial charge in [0, 0.05) is 20.1 Å². The summed E-state index contributed by atoms with van der Waals surface area (Å²) in [6.45, 7) is 10.5. The van der Waals surface area contributed by atoms with E-state index in [0.717, 1.165) is 19.4 Å². The van der Waals surface area contributed by atoms with Crippen molar-refractivity contribution in [2.75, 3.05) is 20.3 Å². The normalized spacial score (nSPS) is 36.5. The molecule has 2 bridgehead atoms. The molecule has 2 fully saturated rings. The zero-order valence-corrected chi connectivity index (χ0v) is 12.8. The summed E-state index contributed by atoms with van der Waals surface area (Å²) in [5.41, 5.74) is 0.350. The molecule has 0 aromatic heterocycles. The lowest BCUT2D eigenvalue weighted by Crippen LogP contribution is -2.44. The van der Waals surface area contributed by atoms with Gasteiger partial charge in [-0.1, -0.05) is 27.7 Å². The molecule has 2 rings (SSSR count). The predicted molar refractivity (Wildman–Crippen MR) is 73.0 cm³/mol. The van der Waals surface area contributed by atoms with Crippen molar-refractivity contribution < 1.29 is 18.9 Å². The second-order valence-electron chi connectivity index (χ2n) is 7.13. The van der Waals surface area contributed by atoms with Crippen molar-refractivity contribution in [2.45, 2.75) is 65.1 Å². The molecule has 2 saturated heterocycles. The molecule has 0 amide bonds. The number of ether oxygens (including phenoxy) is 4. The molecular formula is C15H28O4. The third-order valence-electron chi connectivity index (χ3n) is 3.77. The van der Waals surface area contributed by atoms with Crippen LogP contribution in [0.15, 0.2) is 0 Å². The van der Waals surface area contributed by atoms with Gasteiger partial charge in [-0.25, -0.2) is 0 Å². The molecular weight excluding hydrogens is 244 g/mol. The van der Waals surface area contributed by atoms with Crippen LogP contribution >= 0.6 is 0 Å². The van der Waals surface area contributed by atoms with Gasteiger partial charge in [0.05, 0.1) is 12.7 Å².